The van der Waals surface area contributed by atoms with E-state index in [-0.39, 0.29) is 11.4 Å². The number of anilines is 2. The average molecular weight is 251 g/mol. The van der Waals surface area contributed by atoms with Gasteiger partial charge in [0.25, 0.3) is 0 Å². The predicted molar refractivity (Wildman–Crippen MR) is 66.6 cm³/mol. The fourth-order valence-electron chi connectivity index (χ4n) is 1.40. The highest BCUT2D eigenvalue weighted by Gasteiger charge is 2.06. The average Bonchev–Trinajstić information content (AvgIpc) is 2.32. The Hall–Kier alpha value is -1.94. The molecule has 3 nitrogen and oxygen atoms in total. The second-order valence-electron chi connectivity index (χ2n) is 3.36. The van der Waals surface area contributed by atoms with E-state index in [0.29, 0.717) is 10.7 Å². The van der Waals surface area contributed by atoms with E-state index in [9.17, 15) is 9.30 Å². The van der Waals surface area contributed by atoms with Crippen LogP contribution in [0, 0.1) is 10.7 Å². The molecule has 0 aromatic heterocycles. The van der Waals surface area contributed by atoms with Crippen LogP contribution in [0.25, 0.3) is 0 Å². The topological polar surface area (TPSA) is 41.5 Å². The van der Waals surface area contributed by atoms with Crippen molar-refractivity contribution in [1.29, 1.82) is 0 Å². The van der Waals surface area contributed by atoms with E-state index in [0.717, 1.165) is 0 Å². The Kier molecular flexibility index (Phi) is 3.35. The highest BCUT2D eigenvalue weighted by Crippen LogP contribution is 2.31. The largest absolute Gasteiger partial charge is 0.351 e. The van der Waals surface area contributed by atoms with E-state index in [2.05, 4.69) is 10.5 Å². The van der Waals surface area contributed by atoms with Gasteiger partial charge in [0.1, 0.15) is 11.5 Å². The van der Waals surface area contributed by atoms with Gasteiger partial charge in [0.15, 0.2) is 0 Å². The molecule has 0 amide bonds. The Morgan fingerprint density at radius 2 is 1.88 bits per heavy atom. The maximum absolute atomic E-state index is 13.4. The van der Waals surface area contributed by atoms with Crippen LogP contribution in [0.2, 0.25) is 5.02 Å². The summed E-state index contributed by atoms with van der Waals surface area (Å²) in [7, 11) is 0. The van der Waals surface area contributed by atoms with Gasteiger partial charge in [-0.25, -0.2) is 4.39 Å². The van der Waals surface area contributed by atoms with Crippen LogP contribution < -0.4 is 5.32 Å². The fraction of sp³-hybridized carbons (Fsp3) is 0. The minimum absolute atomic E-state index is 0.178. The third kappa shape index (κ3) is 2.60. The van der Waals surface area contributed by atoms with Crippen LogP contribution >= 0.6 is 11.6 Å². The highest BCUT2D eigenvalue weighted by atomic mass is 35.5. The van der Waals surface area contributed by atoms with Gasteiger partial charge in [-0.3, -0.25) is 0 Å². The number of nitroso groups, excluding NO2 is 1. The molecule has 0 aliphatic rings. The molecule has 0 aliphatic heterocycles. The molecule has 86 valence electrons. The standard InChI is InChI=1S/C12H8ClFN2O/c13-8-5-6-11(16-17)12(7-8)15-10-4-2-1-3-9(10)14/h1-7,15H. The maximum Gasteiger partial charge on any atom is 0.146 e. The summed E-state index contributed by atoms with van der Waals surface area (Å²) in [6, 6.07) is 10.7. The van der Waals surface area contributed by atoms with Crippen LogP contribution in [0.15, 0.2) is 47.6 Å². The molecule has 17 heavy (non-hydrogen) atoms. The number of halogens is 2. The van der Waals surface area contributed by atoms with Crippen LogP contribution in [-0.4, -0.2) is 0 Å². The first-order chi connectivity index (χ1) is 8.20. The molecular formula is C12H8ClFN2O. The van der Waals surface area contributed by atoms with Gasteiger partial charge in [0.05, 0.1) is 11.4 Å². The van der Waals surface area contributed by atoms with Crippen molar-refractivity contribution in [2.75, 3.05) is 5.32 Å². The van der Waals surface area contributed by atoms with Crippen molar-refractivity contribution in [3.8, 4) is 0 Å². The number of nitrogens with zero attached hydrogens (tertiary/aromatic N) is 1. The molecule has 2 aromatic carbocycles. The van der Waals surface area contributed by atoms with E-state index in [1.807, 2.05) is 0 Å². The van der Waals surface area contributed by atoms with Gasteiger partial charge in [0, 0.05) is 5.02 Å². The van der Waals surface area contributed by atoms with Crippen LogP contribution in [0.1, 0.15) is 0 Å². The molecule has 0 saturated carbocycles. The summed E-state index contributed by atoms with van der Waals surface area (Å²) >= 11 is 5.80. The molecular weight excluding hydrogens is 243 g/mol. The van der Waals surface area contributed by atoms with Crippen molar-refractivity contribution in [3.63, 3.8) is 0 Å². The van der Waals surface area contributed by atoms with E-state index in [1.165, 1.54) is 18.2 Å². The molecule has 0 heterocycles. The second kappa shape index (κ2) is 4.93. The van der Waals surface area contributed by atoms with Crippen molar-refractivity contribution < 1.29 is 4.39 Å². The Bertz CT molecular complexity index is 560. The van der Waals surface area contributed by atoms with Gasteiger partial charge in [-0.2, -0.15) is 0 Å². The summed E-state index contributed by atoms with van der Waals surface area (Å²) in [4.78, 5) is 10.6. The van der Waals surface area contributed by atoms with Gasteiger partial charge in [0.2, 0.25) is 0 Å². The zero-order chi connectivity index (χ0) is 12.3. The first-order valence-corrected chi connectivity index (χ1v) is 5.23. The highest BCUT2D eigenvalue weighted by molar-refractivity contribution is 6.31. The summed E-state index contributed by atoms with van der Waals surface area (Å²) in [6.07, 6.45) is 0. The lowest BCUT2D eigenvalue weighted by molar-refractivity contribution is 0.632. The number of hydrogen-bond acceptors (Lipinski definition) is 3. The van der Waals surface area contributed by atoms with Crippen LogP contribution in [-0.2, 0) is 0 Å². The molecule has 0 unspecified atom stereocenters. The zero-order valence-electron chi connectivity index (χ0n) is 8.65. The molecule has 5 heteroatoms. The molecule has 0 fully saturated rings. The third-order valence-electron chi connectivity index (χ3n) is 2.20. The number of hydrogen-bond donors (Lipinski definition) is 1. The summed E-state index contributed by atoms with van der Waals surface area (Å²) in [5.74, 6) is -0.413. The zero-order valence-corrected chi connectivity index (χ0v) is 9.41. The minimum Gasteiger partial charge on any atom is -0.351 e. The van der Waals surface area contributed by atoms with E-state index in [1.54, 1.807) is 24.3 Å². The van der Waals surface area contributed by atoms with Crippen molar-refractivity contribution in [2.45, 2.75) is 0 Å². The monoisotopic (exact) mass is 250 g/mol. The molecule has 0 aliphatic carbocycles. The SMILES string of the molecule is O=Nc1ccc(Cl)cc1Nc1ccccc1F. The van der Waals surface area contributed by atoms with E-state index in [4.69, 9.17) is 11.6 Å². The smallest absolute Gasteiger partial charge is 0.146 e. The predicted octanol–water partition coefficient (Wildman–Crippen LogP) is 4.62. The molecule has 0 spiro atoms. The van der Waals surface area contributed by atoms with Gasteiger partial charge >= 0.3 is 0 Å². The summed E-state index contributed by atoms with van der Waals surface area (Å²) < 4.78 is 13.4. The Morgan fingerprint density at radius 3 is 2.59 bits per heavy atom. The molecule has 0 bridgehead atoms. The van der Waals surface area contributed by atoms with Crippen LogP contribution in [0.3, 0.4) is 0 Å². The lowest BCUT2D eigenvalue weighted by Gasteiger charge is -2.09. The first kappa shape index (κ1) is 11.5. The Labute approximate surface area is 102 Å². The van der Waals surface area contributed by atoms with Crippen molar-refractivity contribution in [1.82, 2.24) is 0 Å². The molecule has 0 radical (unpaired) electrons. The molecule has 1 N–H and O–H groups in total. The molecule has 0 saturated heterocycles. The lowest BCUT2D eigenvalue weighted by Crippen LogP contribution is -1.93. The van der Waals surface area contributed by atoms with Crippen LogP contribution in [0.5, 0.6) is 0 Å². The fourth-order valence-corrected chi connectivity index (χ4v) is 1.57. The van der Waals surface area contributed by atoms with E-state index >= 15 is 0 Å². The lowest BCUT2D eigenvalue weighted by atomic mass is 10.2. The number of nitrogens with one attached hydrogen (secondary N) is 1. The summed E-state index contributed by atoms with van der Waals surface area (Å²) in [5, 5.41) is 6.06. The Balaban J connectivity index is 2.39. The quantitative estimate of drug-likeness (QED) is 0.808. The van der Waals surface area contributed by atoms with Gasteiger partial charge < -0.3 is 5.32 Å². The van der Waals surface area contributed by atoms with Gasteiger partial charge in [-0.1, -0.05) is 23.7 Å². The molecule has 0 atom stereocenters. The number of rotatable bonds is 3. The van der Waals surface area contributed by atoms with Gasteiger partial charge in [-0.15, -0.1) is 4.91 Å². The van der Waals surface area contributed by atoms with Crippen molar-refractivity contribution in [3.05, 3.63) is 58.2 Å². The number of benzene rings is 2. The number of para-hydroxylation sites is 1. The normalized spacial score (nSPS) is 10.0. The van der Waals surface area contributed by atoms with Gasteiger partial charge in [-0.05, 0) is 35.5 Å². The first-order valence-electron chi connectivity index (χ1n) is 4.85. The van der Waals surface area contributed by atoms with Crippen molar-refractivity contribution in [2.24, 2.45) is 5.18 Å². The Morgan fingerprint density at radius 1 is 1.12 bits per heavy atom. The maximum atomic E-state index is 13.4. The second-order valence-corrected chi connectivity index (χ2v) is 3.79. The summed E-state index contributed by atoms with van der Waals surface area (Å²) in [6.45, 7) is 0. The van der Waals surface area contributed by atoms with Crippen LogP contribution in [0.4, 0.5) is 21.5 Å². The third-order valence-corrected chi connectivity index (χ3v) is 2.44. The summed E-state index contributed by atoms with van der Waals surface area (Å²) in [5.41, 5.74) is 0.815. The molecule has 2 aromatic rings. The van der Waals surface area contributed by atoms with E-state index < -0.39 is 5.82 Å². The van der Waals surface area contributed by atoms with Crippen molar-refractivity contribution >= 4 is 28.7 Å². The minimum atomic E-state index is -0.413. The molecule has 2 rings (SSSR count).